The lowest BCUT2D eigenvalue weighted by molar-refractivity contribution is -0.356. The smallest absolute Gasteiger partial charge is 0.457 e. The summed E-state index contributed by atoms with van der Waals surface area (Å²) in [6.45, 7) is 2.47. The Kier molecular flexibility index (Phi) is 9.53. The molecule has 0 aromatic rings. The molecule has 34 heavy (non-hydrogen) atoms. The highest BCUT2D eigenvalue weighted by Gasteiger charge is 2.68. The van der Waals surface area contributed by atoms with E-state index >= 15 is 0 Å². The van der Waals surface area contributed by atoms with E-state index in [-0.39, 0.29) is 12.8 Å². The molecule has 198 valence electrons. The average molecular weight is 532 g/mol. The summed E-state index contributed by atoms with van der Waals surface area (Å²) in [4.78, 5) is 24.3. The predicted octanol–water partition coefficient (Wildman–Crippen LogP) is 4.15. The van der Waals surface area contributed by atoms with E-state index in [1.54, 1.807) is 0 Å². The van der Waals surface area contributed by atoms with E-state index in [1.807, 2.05) is 0 Å². The van der Waals surface area contributed by atoms with Crippen LogP contribution in [0.5, 0.6) is 0 Å². The molecule has 0 spiro atoms. The molecule has 1 atom stereocenters. The third-order valence-corrected chi connectivity index (χ3v) is 5.69. The molecule has 0 aliphatic heterocycles. The number of rotatable bonds is 11. The van der Waals surface area contributed by atoms with Gasteiger partial charge in [0, 0.05) is 12.0 Å². The molecule has 1 unspecified atom stereocenters. The van der Waals surface area contributed by atoms with Crippen molar-refractivity contribution < 1.29 is 67.5 Å². The summed E-state index contributed by atoms with van der Waals surface area (Å²) >= 11 is 0. The second-order valence-corrected chi connectivity index (χ2v) is 9.06. The van der Waals surface area contributed by atoms with Crippen molar-refractivity contribution in [1.82, 2.24) is 0 Å². The molecule has 0 radical (unpaired) electrons. The quantitative estimate of drug-likeness (QED) is 0.105. The Morgan fingerprint density at radius 2 is 1.56 bits per heavy atom. The predicted molar refractivity (Wildman–Crippen MR) is 99.3 cm³/mol. The molecule has 0 heterocycles. The molecule has 16 heteroatoms. The number of halogens is 7. The van der Waals surface area contributed by atoms with E-state index in [4.69, 9.17) is 9.29 Å². The zero-order chi connectivity index (χ0) is 26.6. The number of ether oxygens (including phenoxy) is 3. The summed E-state index contributed by atoms with van der Waals surface area (Å²) in [5.74, 6) is -13.8. The number of hydrogen-bond donors (Lipinski definition) is 1. The van der Waals surface area contributed by atoms with E-state index in [0.717, 1.165) is 13.3 Å². The molecule has 1 N–H and O–H groups in total. The van der Waals surface area contributed by atoms with Gasteiger partial charge >= 0.3 is 45.2 Å². The van der Waals surface area contributed by atoms with Crippen molar-refractivity contribution in [3.05, 3.63) is 12.2 Å². The van der Waals surface area contributed by atoms with Gasteiger partial charge in [-0.25, -0.2) is 9.59 Å². The normalized spacial score (nSPS) is 18.1. The molecule has 1 aliphatic rings. The second-order valence-electron chi connectivity index (χ2n) is 7.60. The minimum absolute atomic E-state index is 0.199. The molecule has 8 nitrogen and oxygen atoms in total. The summed E-state index contributed by atoms with van der Waals surface area (Å²) in [5, 5.41) is -5.95. The van der Waals surface area contributed by atoms with Crippen molar-refractivity contribution in [1.29, 1.82) is 0 Å². The molecule has 0 amide bonds. The van der Waals surface area contributed by atoms with E-state index in [0.29, 0.717) is 12.8 Å². The van der Waals surface area contributed by atoms with Crippen molar-refractivity contribution in [3.8, 4) is 0 Å². The van der Waals surface area contributed by atoms with Crippen LogP contribution < -0.4 is 0 Å². The van der Waals surface area contributed by atoms with Crippen LogP contribution in [0.15, 0.2) is 12.2 Å². The van der Waals surface area contributed by atoms with Gasteiger partial charge in [0.15, 0.2) is 0 Å². The Labute approximate surface area is 190 Å². The van der Waals surface area contributed by atoms with E-state index in [9.17, 15) is 48.7 Å². The third kappa shape index (κ3) is 6.81. The first-order valence-electron chi connectivity index (χ1n) is 9.82. The number of carbonyl (C=O) groups is 2. The maximum Gasteiger partial charge on any atom is 0.468 e. The van der Waals surface area contributed by atoms with E-state index in [1.165, 1.54) is 0 Å². The number of hydrogen-bond acceptors (Lipinski definition) is 7. The molecule has 0 bridgehead atoms. The van der Waals surface area contributed by atoms with Crippen molar-refractivity contribution in [2.45, 2.75) is 81.1 Å². The van der Waals surface area contributed by atoms with Gasteiger partial charge in [0.05, 0.1) is 6.61 Å². The van der Waals surface area contributed by atoms with Gasteiger partial charge in [0.1, 0.15) is 6.10 Å². The van der Waals surface area contributed by atoms with E-state index < -0.39 is 76.3 Å². The highest BCUT2D eigenvalue weighted by Crippen LogP contribution is 2.42. The average Bonchev–Trinajstić information content (AvgIpc) is 2.68. The highest BCUT2D eigenvalue weighted by molar-refractivity contribution is 7.87. The first kappa shape index (κ1) is 30.1. The largest absolute Gasteiger partial charge is 0.468 e. The lowest BCUT2D eigenvalue weighted by atomic mass is 9.98. The number of esters is 2. The standard InChI is InChI=1S/C18H23F7O8S/c1-11(2)13(26)33-16(17(21,22)23,14(27)32-12-7-4-3-5-8-12)31-10-6-9-15(19,20)18(24,25)34(28,29)30/h12H,1,3-10H2,2H3,(H,28,29,30). The zero-order valence-electron chi connectivity index (χ0n) is 17.8. The lowest BCUT2D eigenvalue weighted by Crippen LogP contribution is -2.59. The van der Waals surface area contributed by atoms with Gasteiger partial charge in [0.2, 0.25) is 0 Å². The summed E-state index contributed by atoms with van der Waals surface area (Å²) in [7, 11) is -6.56. The summed E-state index contributed by atoms with van der Waals surface area (Å²) in [5.41, 5.74) is -0.595. The van der Waals surface area contributed by atoms with Crippen LogP contribution in [0.1, 0.15) is 51.9 Å². The van der Waals surface area contributed by atoms with E-state index in [2.05, 4.69) is 16.1 Å². The van der Waals surface area contributed by atoms with Gasteiger partial charge < -0.3 is 14.2 Å². The third-order valence-electron chi connectivity index (χ3n) is 4.74. The Hall–Kier alpha value is -1.94. The molecule has 1 rings (SSSR count). The van der Waals surface area contributed by atoms with Crippen molar-refractivity contribution in [2.75, 3.05) is 6.61 Å². The fourth-order valence-corrected chi connectivity index (χ4v) is 3.34. The Morgan fingerprint density at radius 3 is 2.00 bits per heavy atom. The van der Waals surface area contributed by atoms with Crippen LogP contribution in [0.25, 0.3) is 0 Å². The van der Waals surface area contributed by atoms with Crippen LogP contribution in [0.4, 0.5) is 30.7 Å². The van der Waals surface area contributed by atoms with Gasteiger partial charge in [-0.3, -0.25) is 4.55 Å². The molecule has 1 fully saturated rings. The first-order valence-corrected chi connectivity index (χ1v) is 11.3. The molecular formula is C18H23F7O8S. The van der Waals surface area contributed by atoms with Crippen molar-refractivity contribution >= 4 is 22.1 Å². The Bertz CT molecular complexity index is 866. The van der Waals surface area contributed by atoms with Gasteiger partial charge in [-0.15, -0.1) is 0 Å². The maximum atomic E-state index is 13.9. The number of carbonyl (C=O) groups excluding carboxylic acids is 2. The van der Waals surface area contributed by atoms with Crippen LogP contribution in [0.3, 0.4) is 0 Å². The minimum Gasteiger partial charge on any atom is -0.457 e. The highest BCUT2D eigenvalue weighted by atomic mass is 32.2. The maximum absolute atomic E-state index is 13.9. The minimum atomic E-state index is -6.56. The molecule has 0 aromatic heterocycles. The summed E-state index contributed by atoms with van der Waals surface area (Å²) < 4.78 is 138. The van der Waals surface area contributed by atoms with Crippen molar-refractivity contribution in [2.24, 2.45) is 0 Å². The second kappa shape index (κ2) is 10.8. The Morgan fingerprint density at radius 1 is 1.03 bits per heavy atom. The topological polar surface area (TPSA) is 116 Å². The first-order chi connectivity index (χ1) is 15.3. The molecule has 0 aromatic carbocycles. The van der Waals surface area contributed by atoms with Crippen molar-refractivity contribution in [3.63, 3.8) is 0 Å². The molecule has 0 saturated heterocycles. The van der Waals surface area contributed by atoms with Crippen LogP contribution in [-0.4, -0.2) is 60.8 Å². The molecule has 1 saturated carbocycles. The monoisotopic (exact) mass is 532 g/mol. The molecular weight excluding hydrogens is 509 g/mol. The van der Waals surface area contributed by atoms with Gasteiger partial charge in [0.25, 0.3) is 0 Å². The summed E-state index contributed by atoms with van der Waals surface area (Å²) in [6, 6.07) is 0. The van der Waals surface area contributed by atoms with Gasteiger partial charge in [-0.1, -0.05) is 13.0 Å². The fourth-order valence-electron chi connectivity index (χ4n) is 2.86. The fraction of sp³-hybridized carbons (Fsp3) is 0.778. The summed E-state index contributed by atoms with van der Waals surface area (Å²) in [6.07, 6.45) is -8.05. The van der Waals surface area contributed by atoms with Crippen LogP contribution in [-0.2, 0) is 33.9 Å². The number of alkyl halides is 7. The van der Waals surface area contributed by atoms with Gasteiger partial charge in [-0.05, 0) is 39.0 Å². The van der Waals surface area contributed by atoms with Gasteiger partial charge in [-0.2, -0.15) is 39.2 Å². The zero-order valence-corrected chi connectivity index (χ0v) is 18.6. The van der Waals surface area contributed by atoms with Crippen LogP contribution in [0.2, 0.25) is 0 Å². The van der Waals surface area contributed by atoms with Crippen LogP contribution >= 0.6 is 0 Å². The SMILES string of the molecule is C=C(C)C(=O)OC(OCCCC(F)(F)C(F)(F)S(=O)(=O)O)(C(=O)OC1CCCCC1)C(F)(F)F. The Balaban J connectivity index is 3.13. The molecule has 1 aliphatic carbocycles. The lowest BCUT2D eigenvalue weighted by Gasteiger charge is -2.34. The van der Waals surface area contributed by atoms with Crippen LogP contribution in [0, 0.1) is 0 Å².